The van der Waals surface area contributed by atoms with Gasteiger partial charge in [0.05, 0.1) is 10.9 Å². The Hall–Kier alpha value is -2.54. The van der Waals surface area contributed by atoms with Crippen LogP contribution in [0.15, 0.2) is 46.3 Å². The summed E-state index contributed by atoms with van der Waals surface area (Å²) in [6, 6.07) is 7.96. The van der Waals surface area contributed by atoms with Gasteiger partial charge in [-0.15, -0.1) is 0 Å². The minimum Gasteiger partial charge on any atom is -0.360 e. The first-order valence-corrected chi connectivity index (χ1v) is 8.84. The molecule has 2 aromatic heterocycles. The number of rotatable bonds is 5. The van der Waals surface area contributed by atoms with Gasteiger partial charge < -0.3 is 9.84 Å². The van der Waals surface area contributed by atoms with Crippen LogP contribution in [0.4, 0.5) is 5.82 Å². The van der Waals surface area contributed by atoms with Gasteiger partial charge in [-0.3, -0.25) is 9.36 Å². The highest BCUT2D eigenvalue weighted by Crippen LogP contribution is 2.27. The van der Waals surface area contributed by atoms with Crippen LogP contribution in [0.5, 0.6) is 0 Å². The molecule has 7 heteroatoms. The first-order valence-electron chi connectivity index (χ1n) is 7.96. The van der Waals surface area contributed by atoms with Crippen molar-refractivity contribution in [2.75, 3.05) is 5.32 Å². The van der Waals surface area contributed by atoms with Gasteiger partial charge in [0.15, 0.2) is 11.0 Å². The van der Waals surface area contributed by atoms with E-state index >= 15 is 0 Å². The molecule has 0 aliphatic rings. The van der Waals surface area contributed by atoms with Gasteiger partial charge in [0.1, 0.15) is 5.76 Å². The molecule has 3 aromatic rings. The summed E-state index contributed by atoms with van der Waals surface area (Å²) in [7, 11) is 0. The standard InChI is InChI=1S/C18H20N4O2S/c1-11-5-6-15(12(2)9-11)22-8-7-19-18(22)25-14(4)17(23)20-16-10-13(3)24-21-16/h5-10,14H,1-4H3,(H,20,21,23)/t14-/m0/s1. The minimum atomic E-state index is -0.330. The molecule has 25 heavy (non-hydrogen) atoms. The van der Waals surface area contributed by atoms with Crippen molar-refractivity contribution in [1.29, 1.82) is 0 Å². The number of benzene rings is 1. The molecule has 0 unspecified atom stereocenters. The SMILES string of the molecule is Cc1ccc(-n2ccnc2S[C@@H](C)C(=O)Nc2cc(C)on2)c(C)c1. The van der Waals surface area contributed by atoms with Crippen LogP contribution < -0.4 is 5.32 Å². The number of aromatic nitrogens is 3. The van der Waals surface area contributed by atoms with Crippen molar-refractivity contribution in [2.45, 2.75) is 38.1 Å². The maximum Gasteiger partial charge on any atom is 0.238 e. The fraction of sp³-hybridized carbons (Fsp3) is 0.278. The molecule has 0 aliphatic carbocycles. The van der Waals surface area contributed by atoms with Crippen LogP contribution in [0.25, 0.3) is 5.69 Å². The Labute approximate surface area is 150 Å². The molecule has 6 nitrogen and oxygen atoms in total. The zero-order chi connectivity index (χ0) is 18.0. The van der Waals surface area contributed by atoms with Gasteiger partial charge in [-0.1, -0.05) is 34.6 Å². The van der Waals surface area contributed by atoms with Crippen LogP contribution in [-0.4, -0.2) is 25.9 Å². The van der Waals surface area contributed by atoms with Crippen LogP contribution in [0.2, 0.25) is 0 Å². The third kappa shape index (κ3) is 3.93. The third-order valence-electron chi connectivity index (χ3n) is 3.75. The molecule has 1 N–H and O–H groups in total. The van der Waals surface area contributed by atoms with E-state index in [9.17, 15) is 4.79 Å². The smallest absolute Gasteiger partial charge is 0.238 e. The molecule has 1 aromatic carbocycles. The summed E-state index contributed by atoms with van der Waals surface area (Å²) in [6.07, 6.45) is 3.65. The molecule has 3 rings (SSSR count). The van der Waals surface area contributed by atoms with Crippen molar-refractivity contribution in [3.63, 3.8) is 0 Å². The van der Waals surface area contributed by atoms with E-state index < -0.39 is 0 Å². The van der Waals surface area contributed by atoms with E-state index in [0.717, 1.165) is 16.4 Å². The molecule has 0 spiro atoms. The second-order valence-electron chi connectivity index (χ2n) is 5.94. The van der Waals surface area contributed by atoms with Gasteiger partial charge in [-0.2, -0.15) is 0 Å². The number of imidazole rings is 1. The highest BCUT2D eigenvalue weighted by molar-refractivity contribution is 8.00. The number of aryl methyl sites for hydroxylation is 3. The Morgan fingerprint density at radius 2 is 2.08 bits per heavy atom. The van der Waals surface area contributed by atoms with Gasteiger partial charge in [0.2, 0.25) is 5.91 Å². The van der Waals surface area contributed by atoms with Gasteiger partial charge in [-0.05, 0) is 39.3 Å². The molecule has 0 radical (unpaired) electrons. The zero-order valence-electron chi connectivity index (χ0n) is 14.6. The lowest BCUT2D eigenvalue weighted by Gasteiger charge is -2.14. The average molecular weight is 356 g/mol. The predicted octanol–water partition coefficient (Wildman–Crippen LogP) is 3.90. The summed E-state index contributed by atoms with van der Waals surface area (Å²) in [5, 5.41) is 6.97. The molecular formula is C18H20N4O2S. The fourth-order valence-electron chi connectivity index (χ4n) is 2.50. The number of anilines is 1. The Morgan fingerprint density at radius 3 is 2.76 bits per heavy atom. The van der Waals surface area contributed by atoms with E-state index in [1.165, 1.54) is 17.3 Å². The van der Waals surface area contributed by atoms with Crippen molar-refractivity contribution in [2.24, 2.45) is 0 Å². The zero-order valence-corrected chi connectivity index (χ0v) is 15.4. The fourth-order valence-corrected chi connectivity index (χ4v) is 3.38. The van der Waals surface area contributed by atoms with Gasteiger partial charge in [0.25, 0.3) is 0 Å². The van der Waals surface area contributed by atoms with Gasteiger partial charge in [0, 0.05) is 18.5 Å². The largest absolute Gasteiger partial charge is 0.360 e. The number of nitrogens with zero attached hydrogens (tertiary/aromatic N) is 3. The van der Waals surface area contributed by atoms with E-state index in [1.54, 1.807) is 19.2 Å². The quantitative estimate of drug-likeness (QED) is 0.702. The number of carbonyl (C=O) groups excluding carboxylic acids is 1. The number of amides is 1. The Balaban J connectivity index is 1.75. The van der Waals surface area contributed by atoms with Crippen molar-refractivity contribution in [3.8, 4) is 5.69 Å². The highest BCUT2D eigenvalue weighted by atomic mass is 32.2. The Morgan fingerprint density at radius 1 is 1.28 bits per heavy atom. The topological polar surface area (TPSA) is 73.0 Å². The van der Waals surface area contributed by atoms with Crippen LogP contribution in [0.3, 0.4) is 0 Å². The molecule has 1 atom stereocenters. The van der Waals surface area contributed by atoms with Crippen LogP contribution in [0, 0.1) is 20.8 Å². The van der Waals surface area contributed by atoms with Gasteiger partial charge >= 0.3 is 0 Å². The van der Waals surface area contributed by atoms with E-state index in [0.29, 0.717) is 11.6 Å². The maximum absolute atomic E-state index is 12.4. The molecular weight excluding hydrogens is 336 g/mol. The number of carbonyl (C=O) groups is 1. The first kappa shape index (κ1) is 17.3. The summed E-state index contributed by atoms with van der Waals surface area (Å²) in [6.45, 7) is 7.76. The average Bonchev–Trinajstić information content (AvgIpc) is 3.16. The molecule has 0 aliphatic heterocycles. The molecule has 0 saturated carbocycles. The maximum atomic E-state index is 12.4. The monoisotopic (exact) mass is 356 g/mol. The van der Waals surface area contributed by atoms with E-state index in [4.69, 9.17) is 4.52 Å². The lowest BCUT2D eigenvalue weighted by Crippen LogP contribution is -2.23. The van der Waals surface area contributed by atoms with Crippen molar-refractivity contribution >= 4 is 23.5 Å². The summed E-state index contributed by atoms with van der Waals surface area (Å²) in [5.74, 6) is 0.933. The van der Waals surface area contributed by atoms with Gasteiger partial charge in [-0.25, -0.2) is 4.98 Å². The Bertz CT molecular complexity index is 900. The number of hydrogen-bond acceptors (Lipinski definition) is 5. The first-order chi connectivity index (χ1) is 11.9. The number of hydrogen-bond donors (Lipinski definition) is 1. The van der Waals surface area contributed by atoms with Crippen molar-refractivity contribution < 1.29 is 9.32 Å². The van der Waals surface area contributed by atoms with Crippen LogP contribution >= 0.6 is 11.8 Å². The lowest BCUT2D eigenvalue weighted by atomic mass is 10.1. The second-order valence-corrected chi connectivity index (χ2v) is 7.25. The second kappa shape index (κ2) is 7.14. The molecule has 0 bridgehead atoms. The molecule has 2 heterocycles. The van der Waals surface area contributed by atoms with E-state index in [1.807, 2.05) is 17.7 Å². The lowest BCUT2D eigenvalue weighted by molar-refractivity contribution is -0.115. The molecule has 130 valence electrons. The Kier molecular flexibility index (Phi) is 4.94. The van der Waals surface area contributed by atoms with E-state index in [2.05, 4.69) is 47.5 Å². The van der Waals surface area contributed by atoms with Crippen LogP contribution in [0.1, 0.15) is 23.8 Å². The number of nitrogens with one attached hydrogen (secondary N) is 1. The minimum absolute atomic E-state index is 0.145. The predicted molar refractivity (Wildman–Crippen MR) is 98.2 cm³/mol. The highest BCUT2D eigenvalue weighted by Gasteiger charge is 2.19. The third-order valence-corrected chi connectivity index (χ3v) is 4.83. The van der Waals surface area contributed by atoms with E-state index in [-0.39, 0.29) is 11.2 Å². The summed E-state index contributed by atoms with van der Waals surface area (Å²) in [5.41, 5.74) is 3.44. The molecule has 1 amide bonds. The normalized spacial score (nSPS) is 12.2. The summed E-state index contributed by atoms with van der Waals surface area (Å²) in [4.78, 5) is 16.8. The molecule has 0 saturated heterocycles. The molecule has 0 fully saturated rings. The van der Waals surface area contributed by atoms with Crippen LogP contribution in [-0.2, 0) is 4.79 Å². The van der Waals surface area contributed by atoms with Crippen molar-refractivity contribution in [1.82, 2.24) is 14.7 Å². The number of thioether (sulfide) groups is 1. The summed E-state index contributed by atoms with van der Waals surface area (Å²) < 4.78 is 6.97. The van der Waals surface area contributed by atoms with Crippen molar-refractivity contribution in [3.05, 3.63) is 53.5 Å². The summed E-state index contributed by atoms with van der Waals surface area (Å²) >= 11 is 1.40.